The summed E-state index contributed by atoms with van der Waals surface area (Å²) in [6.07, 6.45) is 4.20. The smallest absolute Gasteiger partial charge is 0.226 e. The molecular weight excluding hydrogens is 324 g/mol. The molecule has 0 saturated carbocycles. The van der Waals surface area contributed by atoms with Crippen LogP contribution < -0.4 is 4.74 Å². The highest BCUT2D eigenvalue weighted by molar-refractivity contribution is 5.52. The van der Waals surface area contributed by atoms with Gasteiger partial charge in [0.2, 0.25) is 5.89 Å². The first-order valence-corrected chi connectivity index (χ1v) is 9.27. The number of para-hydroxylation sites is 1. The summed E-state index contributed by atoms with van der Waals surface area (Å²) >= 11 is 0. The summed E-state index contributed by atoms with van der Waals surface area (Å²) in [4.78, 5) is 7.11. The Morgan fingerprint density at radius 2 is 1.81 bits per heavy atom. The predicted octanol–water partition coefficient (Wildman–Crippen LogP) is 4.63. The molecule has 1 aliphatic heterocycles. The van der Waals surface area contributed by atoms with Crippen molar-refractivity contribution in [3.63, 3.8) is 0 Å². The summed E-state index contributed by atoms with van der Waals surface area (Å²) in [5.74, 6) is 2.21. The molecule has 1 atom stereocenters. The second-order valence-electron chi connectivity index (χ2n) is 6.88. The van der Waals surface area contributed by atoms with Crippen molar-refractivity contribution in [3.8, 4) is 17.2 Å². The summed E-state index contributed by atoms with van der Waals surface area (Å²) in [7, 11) is 0. The van der Waals surface area contributed by atoms with E-state index in [1.807, 2.05) is 60.7 Å². The van der Waals surface area contributed by atoms with E-state index in [9.17, 15) is 0 Å². The largest absolute Gasteiger partial charge is 0.493 e. The third-order valence-corrected chi connectivity index (χ3v) is 4.79. The van der Waals surface area contributed by atoms with Crippen LogP contribution in [0.3, 0.4) is 0 Å². The lowest BCUT2D eigenvalue weighted by Gasteiger charge is -2.32. The molecule has 1 fully saturated rings. The van der Waals surface area contributed by atoms with Crippen molar-refractivity contribution in [2.24, 2.45) is 5.92 Å². The average Bonchev–Trinajstić information content (AvgIpc) is 3.17. The Balaban J connectivity index is 1.32. The number of ether oxygens (including phenoxy) is 1. The molecule has 4 nitrogen and oxygen atoms in total. The van der Waals surface area contributed by atoms with Gasteiger partial charge in [-0.1, -0.05) is 36.4 Å². The number of nitrogens with zero attached hydrogens (tertiary/aromatic N) is 2. The summed E-state index contributed by atoms with van der Waals surface area (Å²) in [6.45, 7) is 3.75. The molecule has 2 aromatic carbocycles. The molecular formula is C22H24N2O2. The molecule has 1 aromatic heterocycles. The van der Waals surface area contributed by atoms with Crippen LogP contribution in [0.1, 0.15) is 18.5 Å². The minimum Gasteiger partial charge on any atom is -0.493 e. The fourth-order valence-corrected chi connectivity index (χ4v) is 3.48. The molecule has 134 valence electrons. The van der Waals surface area contributed by atoms with E-state index >= 15 is 0 Å². The van der Waals surface area contributed by atoms with E-state index in [0.717, 1.165) is 43.2 Å². The van der Waals surface area contributed by atoms with Crippen molar-refractivity contribution in [1.82, 2.24) is 9.88 Å². The Labute approximate surface area is 154 Å². The van der Waals surface area contributed by atoms with Crippen molar-refractivity contribution in [2.45, 2.75) is 19.4 Å². The molecule has 1 saturated heterocycles. The van der Waals surface area contributed by atoms with Gasteiger partial charge in [-0.2, -0.15) is 0 Å². The maximum atomic E-state index is 5.95. The third-order valence-electron chi connectivity index (χ3n) is 4.79. The Morgan fingerprint density at radius 3 is 2.62 bits per heavy atom. The van der Waals surface area contributed by atoms with E-state index in [4.69, 9.17) is 9.15 Å². The van der Waals surface area contributed by atoms with E-state index in [1.54, 1.807) is 6.26 Å². The van der Waals surface area contributed by atoms with Gasteiger partial charge < -0.3 is 9.15 Å². The van der Waals surface area contributed by atoms with Crippen molar-refractivity contribution in [1.29, 1.82) is 0 Å². The van der Waals surface area contributed by atoms with Gasteiger partial charge in [-0.25, -0.2) is 4.98 Å². The first-order chi connectivity index (χ1) is 12.9. The first-order valence-electron chi connectivity index (χ1n) is 9.27. The lowest BCUT2D eigenvalue weighted by Crippen LogP contribution is -2.37. The molecule has 0 aliphatic carbocycles. The van der Waals surface area contributed by atoms with Crippen LogP contribution in [-0.4, -0.2) is 29.6 Å². The molecule has 0 N–H and O–H groups in total. The predicted molar refractivity (Wildman–Crippen MR) is 102 cm³/mol. The second kappa shape index (κ2) is 8.19. The number of hydrogen-bond donors (Lipinski definition) is 0. The van der Waals surface area contributed by atoms with Gasteiger partial charge in [-0.05, 0) is 43.7 Å². The third kappa shape index (κ3) is 4.33. The Kier molecular flexibility index (Phi) is 5.31. The van der Waals surface area contributed by atoms with Crippen LogP contribution in [0.25, 0.3) is 11.5 Å². The summed E-state index contributed by atoms with van der Waals surface area (Å²) in [5, 5.41) is 0. The van der Waals surface area contributed by atoms with E-state index in [2.05, 4.69) is 9.88 Å². The van der Waals surface area contributed by atoms with Gasteiger partial charge in [0.05, 0.1) is 12.3 Å². The molecule has 0 amide bonds. The first kappa shape index (κ1) is 16.9. The number of rotatable bonds is 6. The Hall–Kier alpha value is -2.59. The minimum atomic E-state index is 0.560. The molecule has 3 aromatic rings. The second-order valence-corrected chi connectivity index (χ2v) is 6.88. The van der Waals surface area contributed by atoms with Crippen molar-refractivity contribution < 1.29 is 9.15 Å². The molecule has 0 radical (unpaired) electrons. The fraction of sp³-hybridized carbons (Fsp3) is 0.318. The van der Waals surface area contributed by atoms with Crippen LogP contribution in [0.2, 0.25) is 0 Å². The van der Waals surface area contributed by atoms with Crippen LogP contribution in [0.4, 0.5) is 0 Å². The zero-order valence-corrected chi connectivity index (χ0v) is 14.9. The zero-order valence-electron chi connectivity index (χ0n) is 14.9. The van der Waals surface area contributed by atoms with Crippen LogP contribution in [-0.2, 0) is 6.54 Å². The molecule has 0 bridgehead atoms. The summed E-state index contributed by atoms with van der Waals surface area (Å²) in [6, 6.07) is 20.1. The van der Waals surface area contributed by atoms with Crippen molar-refractivity contribution in [2.75, 3.05) is 19.7 Å². The number of piperidine rings is 1. The maximum Gasteiger partial charge on any atom is 0.226 e. The van der Waals surface area contributed by atoms with Gasteiger partial charge in [0, 0.05) is 24.6 Å². The zero-order chi connectivity index (χ0) is 17.6. The number of benzene rings is 2. The molecule has 4 rings (SSSR count). The number of likely N-dealkylation sites (tertiary alicyclic amines) is 1. The standard InChI is InChI=1S/C22H24N2O2/c1-3-9-19(10-4-1)22-23-20(17-26-22)15-24-13-7-8-18(14-24)16-25-21-11-5-2-6-12-21/h1-6,9-12,17-18H,7-8,13-16H2. The SMILES string of the molecule is c1ccc(OCC2CCCN(Cc3coc(-c4ccccc4)n3)C2)cc1. The normalized spacial score (nSPS) is 17.9. The Morgan fingerprint density at radius 1 is 1.04 bits per heavy atom. The quantitative estimate of drug-likeness (QED) is 0.651. The summed E-state index contributed by atoms with van der Waals surface area (Å²) in [5.41, 5.74) is 2.01. The highest BCUT2D eigenvalue weighted by Crippen LogP contribution is 2.22. The van der Waals surface area contributed by atoms with Gasteiger partial charge >= 0.3 is 0 Å². The van der Waals surface area contributed by atoms with Gasteiger partial charge in [-0.15, -0.1) is 0 Å². The number of aromatic nitrogens is 1. The van der Waals surface area contributed by atoms with Crippen LogP contribution >= 0.6 is 0 Å². The molecule has 26 heavy (non-hydrogen) atoms. The van der Waals surface area contributed by atoms with Crippen LogP contribution in [0, 0.1) is 5.92 Å². The van der Waals surface area contributed by atoms with E-state index < -0.39 is 0 Å². The monoisotopic (exact) mass is 348 g/mol. The molecule has 1 unspecified atom stereocenters. The van der Waals surface area contributed by atoms with E-state index in [0.29, 0.717) is 11.8 Å². The molecule has 1 aliphatic rings. The fourth-order valence-electron chi connectivity index (χ4n) is 3.48. The molecule has 4 heteroatoms. The molecule has 0 spiro atoms. The lowest BCUT2D eigenvalue weighted by atomic mass is 9.99. The van der Waals surface area contributed by atoms with Gasteiger partial charge in [0.25, 0.3) is 0 Å². The Bertz CT molecular complexity index is 801. The number of oxazole rings is 1. The highest BCUT2D eigenvalue weighted by atomic mass is 16.5. The highest BCUT2D eigenvalue weighted by Gasteiger charge is 2.21. The van der Waals surface area contributed by atoms with E-state index in [1.165, 1.54) is 12.8 Å². The molecule has 2 heterocycles. The van der Waals surface area contributed by atoms with Gasteiger partial charge in [-0.3, -0.25) is 4.90 Å². The average molecular weight is 348 g/mol. The van der Waals surface area contributed by atoms with Gasteiger partial charge in [0.1, 0.15) is 12.0 Å². The number of hydrogen-bond acceptors (Lipinski definition) is 4. The van der Waals surface area contributed by atoms with E-state index in [-0.39, 0.29) is 0 Å². The van der Waals surface area contributed by atoms with Gasteiger partial charge in [0.15, 0.2) is 0 Å². The van der Waals surface area contributed by atoms with Crippen LogP contribution in [0.5, 0.6) is 5.75 Å². The van der Waals surface area contributed by atoms with Crippen molar-refractivity contribution in [3.05, 3.63) is 72.6 Å². The maximum absolute atomic E-state index is 5.95. The topological polar surface area (TPSA) is 38.5 Å². The lowest BCUT2D eigenvalue weighted by molar-refractivity contribution is 0.124. The van der Waals surface area contributed by atoms with Crippen molar-refractivity contribution >= 4 is 0 Å². The van der Waals surface area contributed by atoms with Crippen LogP contribution in [0.15, 0.2) is 71.3 Å². The minimum absolute atomic E-state index is 0.560. The summed E-state index contributed by atoms with van der Waals surface area (Å²) < 4.78 is 11.6.